The van der Waals surface area contributed by atoms with Crippen LogP contribution in [-0.4, -0.2) is 43.0 Å². The third kappa shape index (κ3) is 2.47. The van der Waals surface area contributed by atoms with Crippen LogP contribution < -0.4 is 10.6 Å². The van der Waals surface area contributed by atoms with Crippen molar-refractivity contribution in [3.63, 3.8) is 0 Å². The molecule has 0 unspecified atom stereocenters. The summed E-state index contributed by atoms with van der Waals surface area (Å²) in [7, 11) is 2.05. The SMILES string of the molecule is CN1CCN(c2cc(N)ccc2[N+](=O)[O-])CC1. The maximum atomic E-state index is 11.0. The molecule has 1 aromatic carbocycles. The topological polar surface area (TPSA) is 75.6 Å². The number of nitrogen functional groups attached to an aromatic ring is 1. The van der Waals surface area contributed by atoms with Gasteiger partial charge in [0, 0.05) is 37.9 Å². The zero-order chi connectivity index (χ0) is 12.4. The van der Waals surface area contributed by atoms with Gasteiger partial charge in [-0.3, -0.25) is 10.1 Å². The fourth-order valence-corrected chi connectivity index (χ4v) is 2.00. The molecule has 1 fully saturated rings. The van der Waals surface area contributed by atoms with E-state index in [1.807, 2.05) is 11.9 Å². The van der Waals surface area contributed by atoms with Gasteiger partial charge < -0.3 is 15.5 Å². The summed E-state index contributed by atoms with van der Waals surface area (Å²) in [5.41, 5.74) is 7.02. The van der Waals surface area contributed by atoms with Crippen molar-refractivity contribution in [3.05, 3.63) is 28.3 Å². The molecular formula is C11H16N4O2. The van der Waals surface area contributed by atoms with Crippen LogP contribution in [0.25, 0.3) is 0 Å². The molecule has 2 N–H and O–H groups in total. The average molecular weight is 236 g/mol. The minimum atomic E-state index is -0.354. The van der Waals surface area contributed by atoms with Gasteiger partial charge in [0.15, 0.2) is 0 Å². The number of nitrogens with zero attached hydrogens (tertiary/aromatic N) is 3. The lowest BCUT2D eigenvalue weighted by molar-refractivity contribution is -0.384. The summed E-state index contributed by atoms with van der Waals surface area (Å²) in [6.45, 7) is 3.40. The van der Waals surface area contributed by atoms with Gasteiger partial charge in [-0.1, -0.05) is 0 Å². The van der Waals surface area contributed by atoms with E-state index < -0.39 is 0 Å². The molecule has 0 atom stereocenters. The molecule has 1 aromatic rings. The van der Waals surface area contributed by atoms with Crippen molar-refractivity contribution in [3.8, 4) is 0 Å². The van der Waals surface area contributed by atoms with Crippen molar-refractivity contribution in [1.29, 1.82) is 0 Å². The normalized spacial score (nSPS) is 17.1. The lowest BCUT2D eigenvalue weighted by Crippen LogP contribution is -2.44. The fourth-order valence-electron chi connectivity index (χ4n) is 2.00. The van der Waals surface area contributed by atoms with Crippen molar-refractivity contribution in [1.82, 2.24) is 4.90 Å². The Bertz CT molecular complexity index is 427. The summed E-state index contributed by atoms with van der Waals surface area (Å²) >= 11 is 0. The van der Waals surface area contributed by atoms with Gasteiger partial charge in [0.1, 0.15) is 5.69 Å². The molecule has 0 amide bonds. The van der Waals surface area contributed by atoms with E-state index in [1.54, 1.807) is 12.1 Å². The second kappa shape index (κ2) is 4.58. The van der Waals surface area contributed by atoms with Crippen LogP contribution >= 0.6 is 0 Å². The Morgan fingerprint density at radius 1 is 1.29 bits per heavy atom. The van der Waals surface area contributed by atoms with Gasteiger partial charge >= 0.3 is 0 Å². The van der Waals surface area contributed by atoms with E-state index in [2.05, 4.69) is 4.90 Å². The summed E-state index contributed by atoms with van der Waals surface area (Å²) in [6, 6.07) is 4.73. The maximum Gasteiger partial charge on any atom is 0.292 e. The molecule has 1 aliphatic heterocycles. The van der Waals surface area contributed by atoms with Crippen LogP contribution in [0.4, 0.5) is 17.1 Å². The number of nitro groups is 1. The Morgan fingerprint density at radius 2 is 1.94 bits per heavy atom. The zero-order valence-corrected chi connectivity index (χ0v) is 9.80. The lowest BCUT2D eigenvalue weighted by Gasteiger charge is -2.33. The monoisotopic (exact) mass is 236 g/mol. The van der Waals surface area contributed by atoms with Crippen LogP contribution in [0.2, 0.25) is 0 Å². The van der Waals surface area contributed by atoms with Crippen LogP contribution in [0.3, 0.4) is 0 Å². The molecule has 0 saturated carbocycles. The number of nitro benzene ring substituents is 1. The fraction of sp³-hybridized carbons (Fsp3) is 0.455. The summed E-state index contributed by atoms with van der Waals surface area (Å²) in [4.78, 5) is 14.8. The van der Waals surface area contributed by atoms with Gasteiger partial charge in [-0.05, 0) is 19.2 Å². The van der Waals surface area contributed by atoms with E-state index in [0.717, 1.165) is 26.2 Å². The molecule has 6 nitrogen and oxygen atoms in total. The first kappa shape index (κ1) is 11.7. The summed E-state index contributed by atoms with van der Waals surface area (Å²) in [5, 5.41) is 11.0. The summed E-state index contributed by atoms with van der Waals surface area (Å²) in [5.74, 6) is 0. The number of nitrogens with two attached hydrogens (primary N) is 1. The third-order valence-corrected chi connectivity index (χ3v) is 3.04. The minimum Gasteiger partial charge on any atom is -0.399 e. The Kier molecular flexibility index (Phi) is 3.14. The number of benzene rings is 1. The van der Waals surface area contributed by atoms with Gasteiger partial charge in [0.25, 0.3) is 5.69 Å². The molecule has 0 aromatic heterocycles. The van der Waals surface area contributed by atoms with E-state index in [9.17, 15) is 10.1 Å². The Hall–Kier alpha value is -1.82. The second-order valence-corrected chi connectivity index (χ2v) is 4.30. The van der Waals surface area contributed by atoms with Crippen molar-refractivity contribution < 1.29 is 4.92 Å². The molecule has 0 spiro atoms. The molecule has 1 aliphatic rings. The third-order valence-electron chi connectivity index (χ3n) is 3.04. The molecule has 6 heteroatoms. The number of piperazine rings is 1. The first-order valence-corrected chi connectivity index (χ1v) is 5.55. The number of anilines is 2. The first-order chi connectivity index (χ1) is 8.08. The molecular weight excluding hydrogens is 220 g/mol. The first-order valence-electron chi connectivity index (χ1n) is 5.55. The lowest BCUT2D eigenvalue weighted by atomic mass is 10.2. The highest BCUT2D eigenvalue weighted by Crippen LogP contribution is 2.30. The van der Waals surface area contributed by atoms with E-state index >= 15 is 0 Å². The number of rotatable bonds is 2. The molecule has 1 saturated heterocycles. The van der Waals surface area contributed by atoms with Crippen molar-refractivity contribution in [2.24, 2.45) is 0 Å². The van der Waals surface area contributed by atoms with Crippen LogP contribution in [0.5, 0.6) is 0 Å². The van der Waals surface area contributed by atoms with E-state index in [0.29, 0.717) is 11.4 Å². The predicted octanol–water partition coefficient (Wildman–Crippen LogP) is 0.929. The Labute approximate surface area is 99.8 Å². The average Bonchev–Trinajstić information content (AvgIpc) is 2.29. The van der Waals surface area contributed by atoms with E-state index in [-0.39, 0.29) is 10.6 Å². The van der Waals surface area contributed by atoms with Crippen LogP contribution in [0, 0.1) is 10.1 Å². The quantitative estimate of drug-likeness (QED) is 0.469. The highest BCUT2D eigenvalue weighted by molar-refractivity contribution is 5.68. The van der Waals surface area contributed by atoms with Crippen molar-refractivity contribution in [2.75, 3.05) is 43.9 Å². The highest BCUT2D eigenvalue weighted by Gasteiger charge is 2.22. The van der Waals surface area contributed by atoms with E-state index in [4.69, 9.17) is 5.73 Å². The van der Waals surface area contributed by atoms with Gasteiger partial charge in [-0.2, -0.15) is 0 Å². The van der Waals surface area contributed by atoms with E-state index in [1.165, 1.54) is 6.07 Å². The highest BCUT2D eigenvalue weighted by atomic mass is 16.6. The molecule has 1 heterocycles. The van der Waals surface area contributed by atoms with Crippen molar-refractivity contribution >= 4 is 17.1 Å². The Balaban J connectivity index is 2.30. The van der Waals surface area contributed by atoms with Gasteiger partial charge in [0.2, 0.25) is 0 Å². The number of hydrogen-bond donors (Lipinski definition) is 1. The van der Waals surface area contributed by atoms with Crippen LogP contribution in [0.1, 0.15) is 0 Å². The summed E-state index contributed by atoms with van der Waals surface area (Å²) < 4.78 is 0. The summed E-state index contributed by atoms with van der Waals surface area (Å²) in [6.07, 6.45) is 0. The number of likely N-dealkylation sites (N-methyl/N-ethyl adjacent to an activating group) is 1. The van der Waals surface area contributed by atoms with Crippen LogP contribution in [0.15, 0.2) is 18.2 Å². The Morgan fingerprint density at radius 3 is 2.53 bits per heavy atom. The van der Waals surface area contributed by atoms with Gasteiger partial charge in [-0.25, -0.2) is 0 Å². The zero-order valence-electron chi connectivity index (χ0n) is 9.80. The largest absolute Gasteiger partial charge is 0.399 e. The molecule has 2 rings (SSSR count). The maximum absolute atomic E-state index is 11.0. The minimum absolute atomic E-state index is 0.128. The van der Waals surface area contributed by atoms with Crippen molar-refractivity contribution in [2.45, 2.75) is 0 Å². The van der Waals surface area contributed by atoms with Crippen LogP contribution in [-0.2, 0) is 0 Å². The smallest absolute Gasteiger partial charge is 0.292 e. The molecule has 0 radical (unpaired) electrons. The molecule has 17 heavy (non-hydrogen) atoms. The molecule has 92 valence electrons. The predicted molar refractivity (Wildman–Crippen MR) is 67.2 cm³/mol. The van der Waals surface area contributed by atoms with Gasteiger partial charge in [-0.15, -0.1) is 0 Å². The molecule has 0 bridgehead atoms. The molecule has 0 aliphatic carbocycles. The second-order valence-electron chi connectivity index (χ2n) is 4.30. The number of hydrogen-bond acceptors (Lipinski definition) is 5. The standard InChI is InChI=1S/C11H16N4O2/c1-13-4-6-14(7-5-13)11-8-9(12)2-3-10(11)15(16)17/h2-3,8H,4-7,12H2,1H3. The van der Waals surface area contributed by atoms with Gasteiger partial charge in [0.05, 0.1) is 4.92 Å².